The number of halogens is 1. The monoisotopic (exact) mass is 286 g/mol. The molecule has 1 aromatic rings. The molecule has 4 heteroatoms. The first-order chi connectivity index (χ1) is 7.42. The molecule has 0 radical (unpaired) electrons. The van der Waals surface area contributed by atoms with E-state index in [1.165, 1.54) is 0 Å². The number of carbonyl (C=O) groups is 1. The molecule has 0 saturated carbocycles. The van der Waals surface area contributed by atoms with Crippen LogP contribution in [0.1, 0.15) is 19.4 Å². The van der Waals surface area contributed by atoms with E-state index in [0.717, 1.165) is 10.0 Å². The van der Waals surface area contributed by atoms with E-state index in [2.05, 4.69) is 15.9 Å². The molecule has 0 heterocycles. The van der Waals surface area contributed by atoms with Crippen LogP contribution in [-0.4, -0.2) is 17.7 Å². The lowest BCUT2D eigenvalue weighted by molar-refractivity contribution is -0.150. The molecule has 16 heavy (non-hydrogen) atoms. The van der Waals surface area contributed by atoms with Crippen LogP contribution in [-0.2, 0) is 16.1 Å². The Morgan fingerprint density at radius 1 is 1.50 bits per heavy atom. The molecular weight excluding hydrogens is 272 g/mol. The predicted octanol–water partition coefficient (Wildman–Crippen LogP) is 3.08. The third kappa shape index (κ3) is 3.94. The lowest BCUT2D eigenvalue weighted by Crippen LogP contribution is -2.29. The summed E-state index contributed by atoms with van der Waals surface area (Å²) in [7, 11) is 0. The van der Waals surface area contributed by atoms with Gasteiger partial charge in [0, 0.05) is 4.47 Å². The summed E-state index contributed by atoms with van der Waals surface area (Å²) >= 11 is 3.37. The van der Waals surface area contributed by atoms with Gasteiger partial charge in [-0.05, 0) is 31.5 Å². The van der Waals surface area contributed by atoms with E-state index in [-0.39, 0.29) is 6.61 Å². The fraction of sp³-hybridized carbons (Fsp3) is 0.417. The Morgan fingerprint density at radius 2 is 2.19 bits per heavy atom. The van der Waals surface area contributed by atoms with Crippen LogP contribution in [0.4, 0.5) is 0 Å². The molecule has 0 atom stereocenters. The normalized spacial score (nSPS) is 11.4. The van der Waals surface area contributed by atoms with E-state index in [4.69, 9.17) is 9.84 Å². The van der Waals surface area contributed by atoms with Crippen LogP contribution in [0.5, 0.6) is 0 Å². The van der Waals surface area contributed by atoms with E-state index in [1.54, 1.807) is 13.8 Å². The Kier molecular flexibility index (Phi) is 4.50. The van der Waals surface area contributed by atoms with Gasteiger partial charge >= 0.3 is 5.97 Å². The van der Waals surface area contributed by atoms with Gasteiger partial charge < -0.3 is 9.84 Å². The minimum atomic E-state index is -0.846. The number of aliphatic carboxylic acids is 1. The van der Waals surface area contributed by atoms with Gasteiger partial charge in [0.05, 0.1) is 18.6 Å². The van der Waals surface area contributed by atoms with Gasteiger partial charge in [-0.3, -0.25) is 4.79 Å². The van der Waals surface area contributed by atoms with E-state index in [0.29, 0.717) is 6.61 Å². The van der Waals surface area contributed by atoms with Crippen molar-refractivity contribution in [3.8, 4) is 0 Å². The van der Waals surface area contributed by atoms with Crippen LogP contribution >= 0.6 is 15.9 Å². The number of hydrogen-bond donors (Lipinski definition) is 1. The zero-order valence-corrected chi connectivity index (χ0v) is 11.0. The molecule has 0 unspecified atom stereocenters. The number of ether oxygens (including phenoxy) is 1. The number of rotatable bonds is 5. The van der Waals surface area contributed by atoms with Gasteiger partial charge in [-0.25, -0.2) is 0 Å². The molecular formula is C12H15BrO3. The molecule has 1 aromatic carbocycles. The Labute approximate surface area is 104 Å². The third-order valence-corrected chi connectivity index (χ3v) is 2.69. The van der Waals surface area contributed by atoms with Crippen molar-refractivity contribution in [3.63, 3.8) is 0 Å². The van der Waals surface area contributed by atoms with Gasteiger partial charge in [-0.2, -0.15) is 0 Å². The Hall–Kier alpha value is -0.870. The third-order valence-electron chi connectivity index (χ3n) is 2.20. The maximum atomic E-state index is 10.8. The maximum Gasteiger partial charge on any atom is 0.311 e. The minimum absolute atomic E-state index is 0.203. The number of hydrogen-bond acceptors (Lipinski definition) is 2. The van der Waals surface area contributed by atoms with Crippen molar-refractivity contribution >= 4 is 21.9 Å². The second kappa shape index (κ2) is 5.46. The molecule has 1 N–H and O–H groups in total. The molecule has 0 aliphatic carbocycles. The zero-order valence-electron chi connectivity index (χ0n) is 9.37. The quantitative estimate of drug-likeness (QED) is 0.905. The largest absolute Gasteiger partial charge is 0.481 e. The van der Waals surface area contributed by atoms with E-state index in [9.17, 15) is 4.79 Å². The minimum Gasteiger partial charge on any atom is -0.481 e. The van der Waals surface area contributed by atoms with Crippen molar-refractivity contribution < 1.29 is 14.6 Å². The Balaban J connectivity index is 2.45. The summed E-state index contributed by atoms with van der Waals surface area (Å²) in [6.07, 6.45) is 0. The summed E-state index contributed by atoms with van der Waals surface area (Å²) in [6, 6.07) is 7.75. The van der Waals surface area contributed by atoms with E-state index < -0.39 is 11.4 Å². The zero-order chi connectivity index (χ0) is 12.2. The SMILES string of the molecule is CC(C)(COCc1cccc(Br)c1)C(=O)O. The fourth-order valence-electron chi connectivity index (χ4n) is 1.11. The molecule has 0 aromatic heterocycles. The number of benzene rings is 1. The van der Waals surface area contributed by atoms with Crippen LogP contribution < -0.4 is 0 Å². The van der Waals surface area contributed by atoms with Gasteiger partial charge in [0.2, 0.25) is 0 Å². The molecule has 1 rings (SSSR count). The van der Waals surface area contributed by atoms with Crippen LogP contribution in [0.15, 0.2) is 28.7 Å². The van der Waals surface area contributed by atoms with Crippen molar-refractivity contribution in [2.24, 2.45) is 5.41 Å². The Bertz CT molecular complexity index is 374. The van der Waals surface area contributed by atoms with Crippen molar-refractivity contribution in [1.29, 1.82) is 0 Å². The second-order valence-electron chi connectivity index (χ2n) is 4.31. The van der Waals surface area contributed by atoms with Crippen LogP contribution in [0.2, 0.25) is 0 Å². The molecule has 0 saturated heterocycles. The first kappa shape index (κ1) is 13.2. The highest BCUT2D eigenvalue weighted by Gasteiger charge is 2.27. The average molecular weight is 287 g/mol. The Morgan fingerprint density at radius 3 is 2.75 bits per heavy atom. The van der Waals surface area contributed by atoms with Crippen molar-refractivity contribution in [2.45, 2.75) is 20.5 Å². The summed E-state index contributed by atoms with van der Waals surface area (Å²) < 4.78 is 6.39. The van der Waals surface area contributed by atoms with Gasteiger partial charge in [0.15, 0.2) is 0 Å². The highest BCUT2D eigenvalue weighted by atomic mass is 79.9. The summed E-state index contributed by atoms with van der Waals surface area (Å²) in [5.74, 6) is -0.846. The molecule has 0 aliphatic heterocycles. The van der Waals surface area contributed by atoms with Gasteiger partial charge in [-0.1, -0.05) is 28.1 Å². The molecule has 88 valence electrons. The molecule has 0 aliphatic rings. The topological polar surface area (TPSA) is 46.5 Å². The van der Waals surface area contributed by atoms with Crippen LogP contribution in [0, 0.1) is 5.41 Å². The standard InChI is InChI=1S/C12H15BrO3/c1-12(2,11(14)15)8-16-7-9-4-3-5-10(13)6-9/h3-6H,7-8H2,1-2H3,(H,14,15). The van der Waals surface area contributed by atoms with Gasteiger partial charge in [0.1, 0.15) is 0 Å². The highest BCUT2D eigenvalue weighted by Crippen LogP contribution is 2.17. The van der Waals surface area contributed by atoms with Crippen LogP contribution in [0.25, 0.3) is 0 Å². The first-order valence-electron chi connectivity index (χ1n) is 4.97. The van der Waals surface area contributed by atoms with E-state index in [1.807, 2.05) is 24.3 Å². The highest BCUT2D eigenvalue weighted by molar-refractivity contribution is 9.10. The molecule has 0 fully saturated rings. The summed E-state index contributed by atoms with van der Waals surface area (Å²) in [5.41, 5.74) is 0.182. The molecule has 0 bridgehead atoms. The van der Waals surface area contributed by atoms with Crippen molar-refractivity contribution in [3.05, 3.63) is 34.3 Å². The molecule has 0 spiro atoms. The average Bonchev–Trinajstić information content (AvgIpc) is 2.17. The van der Waals surface area contributed by atoms with Crippen molar-refractivity contribution in [2.75, 3.05) is 6.61 Å². The van der Waals surface area contributed by atoms with Crippen LogP contribution in [0.3, 0.4) is 0 Å². The number of carboxylic acids is 1. The fourth-order valence-corrected chi connectivity index (χ4v) is 1.56. The summed E-state index contributed by atoms with van der Waals surface area (Å²) in [4.78, 5) is 10.8. The smallest absolute Gasteiger partial charge is 0.311 e. The summed E-state index contributed by atoms with van der Waals surface area (Å²) in [5, 5.41) is 8.90. The second-order valence-corrected chi connectivity index (χ2v) is 5.23. The van der Waals surface area contributed by atoms with Crippen molar-refractivity contribution in [1.82, 2.24) is 0 Å². The first-order valence-corrected chi connectivity index (χ1v) is 5.77. The lowest BCUT2D eigenvalue weighted by Gasteiger charge is -2.18. The molecule has 3 nitrogen and oxygen atoms in total. The van der Waals surface area contributed by atoms with Gasteiger partial charge in [-0.15, -0.1) is 0 Å². The summed E-state index contributed by atoms with van der Waals surface area (Å²) in [6.45, 7) is 3.93. The maximum absolute atomic E-state index is 10.8. The molecule has 0 amide bonds. The predicted molar refractivity (Wildman–Crippen MR) is 65.2 cm³/mol. The number of carboxylic acid groups (broad SMARTS) is 1. The lowest BCUT2D eigenvalue weighted by atomic mass is 9.95. The van der Waals surface area contributed by atoms with E-state index >= 15 is 0 Å². The van der Waals surface area contributed by atoms with Gasteiger partial charge in [0.25, 0.3) is 0 Å².